The van der Waals surface area contributed by atoms with E-state index in [1.165, 1.54) is 6.92 Å². The molecule has 1 aromatic carbocycles. The number of nitrogens with one attached hydrogen (secondary N) is 1. The van der Waals surface area contributed by atoms with E-state index in [2.05, 4.69) is 10.4 Å². The van der Waals surface area contributed by atoms with Crippen molar-refractivity contribution in [1.29, 1.82) is 0 Å². The summed E-state index contributed by atoms with van der Waals surface area (Å²) < 4.78 is 39.6. The summed E-state index contributed by atoms with van der Waals surface area (Å²) in [6, 6.07) is 2.39. The number of aromatic nitrogens is 2. The summed E-state index contributed by atoms with van der Waals surface area (Å²) in [7, 11) is 0. The van der Waals surface area contributed by atoms with Crippen LogP contribution in [0.5, 0.6) is 0 Å². The molecule has 1 unspecified atom stereocenters. The van der Waals surface area contributed by atoms with Crippen molar-refractivity contribution in [2.45, 2.75) is 45.5 Å². The Morgan fingerprint density at radius 2 is 1.89 bits per heavy atom. The Bertz CT molecular complexity index is 980. The third kappa shape index (κ3) is 4.75. The molecule has 0 aliphatic carbocycles. The van der Waals surface area contributed by atoms with Gasteiger partial charge in [-0.3, -0.25) is 14.4 Å². The van der Waals surface area contributed by atoms with Crippen molar-refractivity contribution in [3.8, 4) is 0 Å². The second-order valence-corrected chi connectivity index (χ2v) is 6.75. The quantitative estimate of drug-likeness (QED) is 0.723. The van der Waals surface area contributed by atoms with Gasteiger partial charge in [-0.1, -0.05) is 6.92 Å². The highest BCUT2D eigenvalue weighted by atomic mass is 19.4. The van der Waals surface area contributed by atoms with Crippen molar-refractivity contribution < 1.29 is 27.9 Å². The summed E-state index contributed by atoms with van der Waals surface area (Å²) in [5.74, 6) is -1.28. The minimum atomic E-state index is -4.65. The second kappa shape index (κ2) is 7.70. The molecule has 0 saturated heterocycles. The summed E-state index contributed by atoms with van der Waals surface area (Å²) in [5, 5.41) is 15.8. The lowest BCUT2D eigenvalue weighted by atomic mass is 10.0. The molecule has 0 aliphatic rings. The molecule has 0 spiro atoms. The van der Waals surface area contributed by atoms with Crippen molar-refractivity contribution in [3.05, 3.63) is 39.8 Å². The van der Waals surface area contributed by atoms with Crippen LogP contribution in [0.15, 0.2) is 23.0 Å². The second-order valence-electron chi connectivity index (χ2n) is 6.75. The summed E-state index contributed by atoms with van der Waals surface area (Å²) in [6.45, 7) is 3.76. The number of hydrogen-bond donors (Lipinski definition) is 2. The van der Waals surface area contributed by atoms with Gasteiger partial charge in [-0.25, -0.2) is 4.68 Å². The molecular formula is C18H20F3N3O4. The summed E-state index contributed by atoms with van der Waals surface area (Å²) in [6.07, 6.45) is -4.26. The molecule has 2 aromatic rings. The molecule has 0 aliphatic heterocycles. The van der Waals surface area contributed by atoms with Gasteiger partial charge in [-0.2, -0.15) is 18.3 Å². The number of benzene rings is 1. The van der Waals surface area contributed by atoms with Crippen LogP contribution in [0, 0.1) is 0 Å². The standard InChI is InChI=1S/C18H20F3N3O4/c1-4-17(3,28)9-22-14(26)8-24-16(27)12-6-5-11(18(19,20)21)7-13(12)15(23-24)10(2)25/h5-7,28H,4,8-9H2,1-3H3,(H,22,26). The number of rotatable bonds is 6. The Labute approximate surface area is 158 Å². The van der Waals surface area contributed by atoms with Gasteiger partial charge < -0.3 is 10.4 Å². The number of halogens is 3. The van der Waals surface area contributed by atoms with E-state index in [-0.39, 0.29) is 23.0 Å². The van der Waals surface area contributed by atoms with Crippen LogP contribution in [0.4, 0.5) is 13.2 Å². The van der Waals surface area contributed by atoms with Crippen LogP contribution >= 0.6 is 0 Å². The Balaban J connectivity index is 2.46. The average Bonchev–Trinajstić information content (AvgIpc) is 2.61. The van der Waals surface area contributed by atoms with Gasteiger partial charge >= 0.3 is 6.18 Å². The average molecular weight is 399 g/mol. The number of alkyl halides is 3. The summed E-state index contributed by atoms with van der Waals surface area (Å²) >= 11 is 0. The number of Topliss-reactive ketones (excluding diaryl/α,β-unsaturated/α-hetero) is 1. The molecule has 1 amide bonds. The first-order valence-electron chi connectivity index (χ1n) is 8.48. The molecule has 2 N–H and O–H groups in total. The molecule has 1 heterocycles. The first kappa shape index (κ1) is 21.5. The van der Waals surface area contributed by atoms with Gasteiger partial charge in [0.1, 0.15) is 12.2 Å². The van der Waals surface area contributed by atoms with Crippen LogP contribution in [0.2, 0.25) is 0 Å². The van der Waals surface area contributed by atoms with E-state index in [1.807, 2.05) is 0 Å². The highest BCUT2D eigenvalue weighted by Crippen LogP contribution is 2.31. The lowest BCUT2D eigenvalue weighted by Crippen LogP contribution is -2.42. The van der Waals surface area contributed by atoms with E-state index < -0.39 is 41.1 Å². The fourth-order valence-corrected chi connectivity index (χ4v) is 2.44. The van der Waals surface area contributed by atoms with E-state index in [1.54, 1.807) is 6.92 Å². The third-order valence-electron chi connectivity index (χ3n) is 4.34. The Hall–Kier alpha value is -2.75. The lowest BCUT2D eigenvalue weighted by molar-refractivity contribution is -0.137. The van der Waals surface area contributed by atoms with Gasteiger partial charge in [0, 0.05) is 18.9 Å². The largest absolute Gasteiger partial charge is 0.416 e. The van der Waals surface area contributed by atoms with Gasteiger partial charge in [0.05, 0.1) is 16.6 Å². The number of aliphatic hydroxyl groups is 1. The van der Waals surface area contributed by atoms with Crippen LogP contribution in [0.1, 0.15) is 43.2 Å². The first-order chi connectivity index (χ1) is 12.9. The molecule has 0 radical (unpaired) electrons. The number of nitrogens with zero attached hydrogens (tertiary/aromatic N) is 2. The van der Waals surface area contributed by atoms with E-state index in [4.69, 9.17) is 0 Å². The fraction of sp³-hybridized carbons (Fsp3) is 0.444. The predicted molar refractivity (Wildman–Crippen MR) is 94.9 cm³/mol. The van der Waals surface area contributed by atoms with Crippen molar-refractivity contribution in [3.63, 3.8) is 0 Å². The van der Waals surface area contributed by atoms with Gasteiger partial charge in [0.2, 0.25) is 5.91 Å². The van der Waals surface area contributed by atoms with Crippen molar-refractivity contribution >= 4 is 22.5 Å². The van der Waals surface area contributed by atoms with Crippen LogP contribution < -0.4 is 10.9 Å². The number of hydrogen-bond acceptors (Lipinski definition) is 5. The molecule has 0 fully saturated rings. The molecule has 28 heavy (non-hydrogen) atoms. The maximum Gasteiger partial charge on any atom is 0.416 e. The van der Waals surface area contributed by atoms with Gasteiger partial charge in [-0.05, 0) is 31.5 Å². The molecule has 2 rings (SSSR count). The van der Waals surface area contributed by atoms with E-state index in [0.717, 1.165) is 23.7 Å². The molecule has 7 nitrogen and oxygen atoms in total. The zero-order valence-electron chi connectivity index (χ0n) is 15.6. The van der Waals surface area contributed by atoms with Crippen molar-refractivity contribution in [2.75, 3.05) is 6.54 Å². The molecule has 152 valence electrons. The number of carbonyl (C=O) groups excluding carboxylic acids is 2. The highest BCUT2D eigenvalue weighted by molar-refractivity contribution is 6.05. The van der Waals surface area contributed by atoms with E-state index in [0.29, 0.717) is 12.5 Å². The Morgan fingerprint density at radius 3 is 2.43 bits per heavy atom. The maximum atomic E-state index is 12.9. The van der Waals surface area contributed by atoms with Crippen LogP contribution in [0.25, 0.3) is 10.8 Å². The monoisotopic (exact) mass is 399 g/mol. The lowest BCUT2D eigenvalue weighted by Gasteiger charge is -2.21. The number of carbonyl (C=O) groups is 2. The zero-order valence-corrected chi connectivity index (χ0v) is 15.6. The molecule has 0 saturated carbocycles. The minimum absolute atomic E-state index is 0.0564. The first-order valence-corrected chi connectivity index (χ1v) is 8.48. The van der Waals surface area contributed by atoms with Crippen LogP contribution in [0.3, 0.4) is 0 Å². The molecule has 10 heteroatoms. The van der Waals surface area contributed by atoms with E-state index in [9.17, 15) is 32.7 Å². The van der Waals surface area contributed by atoms with Crippen molar-refractivity contribution in [1.82, 2.24) is 15.1 Å². The summed E-state index contributed by atoms with van der Waals surface area (Å²) in [5.41, 5.74) is -3.28. The number of amides is 1. The van der Waals surface area contributed by atoms with Crippen LogP contribution in [-0.2, 0) is 17.5 Å². The normalized spacial score (nSPS) is 14.0. The SMILES string of the molecule is CCC(C)(O)CNC(=O)Cn1nc(C(C)=O)c2cc(C(F)(F)F)ccc2c1=O. The fourth-order valence-electron chi connectivity index (χ4n) is 2.44. The zero-order chi connectivity index (χ0) is 21.3. The van der Waals surface area contributed by atoms with E-state index >= 15 is 0 Å². The van der Waals surface area contributed by atoms with Crippen LogP contribution in [-0.4, -0.2) is 38.7 Å². The predicted octanol–water partition coefficient (Wildman–Crippen LogP) is 1.90. The molecular weight excluding hydrogens is 379 g/mol. The number of ketones is 1. The van der Waals surface area contributed by atoms with Gasteiger partial charge in [0.25, 0.3) is 5.56 Å². The summed E-state index contributed by atoms with van der Waals surface area (Å²) in [4.78, 5) is 36.5. The highest BCUT2D eigenvalue weighted by Gasteiger charge is 2.31. The third-order valence-corrected chi connectivity index (χ3v) is 4.34. The number of fused-ring (bicyclic) bond motifs is 1. The smallest absolute Gasteiger partial charge is 0.388 e. The Morgan fingerprint density at radius 1 is 1.25 bits per heavy atom. The molecule has 0 bridgehead atoms. The topological polar surface area (TPSA) is 101 Å². The molecule has 1 aromatic heterocycles. The van der Waals surface area contributed by atoms with Gasteiger partial charge in [-0.15, -0.1) is 0 Å². The minimum Gasteiger partial charge on any atom is -0.388 e. The Kier molecular flexibility index (Phi) is 5.93. The molecule has 1 atom stereocenters. The van der Waals surface area contributed by atoms with Gasteiger partial charge in [0.15, 0.2) is 5.78 Å². The van der Waals surface area contributed by atoms with Crippen molar-refractivity contribution in [2.24, 2.45) is 0 Å². The maximum absolute atomic E-state index is 12.9.